The van der Waals surface area contributed by atoms with Crippen molar-refractivity contribution in [3.05, 3.63) is 53.4 Å². The second-order valence-corrected chi connectivity index (χ2v) is 3.57. The Morgan fingerprint density at radius 1 is 1.22 bits per heavy atom. The molecule has 1 atom stereocenters. The highest BCUT2D eigenvalue weighted by molar-refractivity contribution is 5.29. The molecule has 0 saturated heterocycles. The summed E-state index contributed by atoms with van der Waals surface area (Å²) in [6, 6.07) is 3.00. The van der Waals surface area contributed by atoms with Crippen LogP contribution in [0, 0.1) is 11.6 Å². The van der Waals surface area contributed by atoms with E-state index in [9.17, 15) is 13.9 Å². The van der Waals surface area contributed by atoms with Crippen molar-refractivity contribution < 1.29 is 18.6 Å². The van der Waals surface area contributed by atoms with Crippen LogP contribution in [0.4, 0.5) is 8.78 Å². The number of ether oxygens (including phenoxy) is 1. The van der Waals surface area contributed by atoms with Crippen LogP contribution in [-0.4, -0.2) is 22.2 Å². The largest absolute Gasteiger partial charge is 0.467 e. The molecule has 6 heteroatoms. The van der Waals surface area contributed by atoms with E-state index in [0.29, 0.717) is 0 Å². The second kappa shape index (κ2) is 5.05. The van der Waals surface area contributed by atoms with Gasteiger partial charge in [0.2, 0.25) is 0 Å². The molecule has 0 amide bonds. The van der Waals surface area contributed by atoms with Gasteiger partial charge in [-0.1, -0.05) is 0 Å². The van der Waals surface area contributed by atoms with Gasteiger partial charge in [0.15, 0.2) is 0 Å². The molecular weight excluding hydrogens is 242 g/mol. The minimum Gasteiger partial charge on any atom is -0.467 e. The van der Waals surface area contributed by atoms with Crippen LogP contribution in [0.15, 0.2) is 30.6 Å². The molecule has 0 spiro atoms. The van der Waals surface area contributed by atoms with Gasteiger partial charge in [0.25, 0.3) is 0 Å². The lowest BCUT2D eigenvalue weighted by molar-refractivity contribution is 0.213. The molecule has 1 N–H and O–H groups in total. The summed E-state index contributed by atoms with van der Waals surface area (Å²) in [4.78, 5) is 7.57. The van der Waals surface area contributed by atoms with Crippen LogP contribution >= 0.6 is 0 Å². The van der Waals surface area contributed by atoms with Crippen LogP contribution in [-0.2, 0) is 0 Å². The lowest BCUT2D eigenvalue weighted by Gasteiger charge is -2.11. The van der Waals surface area contributed by atoms with Crippen molar-refractivity contribution >= 4 is 0 Å². The van der Waals surface area contributed by atoms with Crippen molar-refractivity contribution in [1.29, 1.82) is 0 Å². The molecular formula is C12H10F2N2O2. The van der Waals surface area contributed by atoms with Gasteiger partial charge in [-0.2, -0.15) is 0 Å². The maximum absolute atomic E-state index is 13.5. The molecule has 0 aliphatic rings. The van der Waals surface area contributed by atoms with Gasteiger partial charge in [-0.15, -0.1) is 0 Å². The van der Waals surface area contributed by atoms with E-state index >= 15 is 0 Å². The fourth-order valence-corrected chi connectivity index (χ4v) is 1.48. The summed E-state index contributed by atoms with van der Waals surface area (Å²) < 4.78 is 31.2. The Morgan fingerprint density at radius 2 is 1.89 bits per heavy atom. The first-order chi connectivity index (χ1) is 8.61. The van der Waals surface area contributed by atoms with Gasteiger partial charge in [0.1, 0.15) is 17.7 Å². The number of hydrogen-bond acceptors (Lipinski definition) is 4. The van der Waals surface area contributed by atoms with Gasteiger partial charge in [0.05, 0.1) is 7.11 Å². The monoisotopic (exact) mass is 252 g/mol. The molecule has 18 heavy (non-hydrogen) atoms. The fourth-order valence-electron chi connectivity index (χ4n) is 1.48. The smallest absolute Gasteiger partial charge is 0.316 e. The minimum atomic E-state index is -1.33. The Balaban J connectivity index is 2.34. The summed E-state index contributed by atoms with van der Waals surface area (Å²) >= 11 is 0. The van der Waals surface area contributed by atoms with Crippen molar-refractivity contribution in [2.45, 2.75) is 6.10 Å². The molecule has 2 aromatic rings. The zero-order valence-corrected chi connectivity index (χ0v) is 9.47. The van der Waals surface area contributed by atoms with Crippen LogP contribution in [0.1, 0.15) is 17.2 Å². The fraction of sp³-hybridized carbons (Fsp3) is 0.167. The average Bonchev–Trinajstić information content (AvgIpc) is 2.41. The number of benzene rings is 1. The Bertz CT molecular complexity index is 546. The highest BCUT2D eigenvalue weighted by Crippen LogP contribution is 2.24. The molecule has 0 fully saturated rings. The third-order valence-electron chi connectivity index (χ3n) is 2.40. The Labute approximate surface area is 102 Å². The van der Waals surface area contributed by atoms with Gasteiger partial charge in [-0.25, -0.2) is 18.7 Å². The molecule has 1 heterocycles. The predicted octanol–water partition coefficient (Wildman–Crippen LogP) is 1.85. The number of hydrogen-bond donors (Lipinski definition) is 1. The Kier molecular flexibility index (Phi) is 3.47. The van der Waals surface area contributed by atoms with Gasteiger partial charge < -0.3 is 9.84 Å². The summed E-state index contributed by atoms with van der Waals surface area (Å²) in [5.41, 5.74) is 0.0871. The zero-order chi connectivity index (χ0) is 13.1. The van der Waals surface area contributed by atoms with E-state index in [2.05, 4.69) is 9.97 Å². The van der Waals surface area contributed by atoms with Crippen LogP contribution in [0.5, 0.6) is 6.01 Å². The summed E-state index contributed by atoms with van der Waals surface area (Å²) in [6.07, 6.45) is 1.26. The minimum absolute atomic E-state index is 0.130. The third-order valence-corrected chi connectivity index (χ3v) is 2.40. The second-order valence-electron chi connectivity index (χ2n) is 3.57. The molecule has 2 rings (SSSR count). The molecule has 0 radical (unpaired) electrons. The lowest BCUT2D eigenvalue weighted by atomic mass is 10.0. The number of aliphatic hydroxyl groups excluding tert-OH is 1. The van der Waals surface area contributed by atoms with Gasteiger partial charge in [-0.05, 0) is 18.2 Å². The topological polar surface area (TPSA) is 55.2 Å². The van der Waals surface area contributed by atoms with Gasteiger partial charge in [0, 0.05) is 23.5 Å². The van der Waals surface area contributed by atoms with Crippen LogP contribution < -0.4 is 4.74 Å². The van der Waals surface area contributed by atoms with Crippen molar-refractivity contribution in [3.8, 4) is 6.01 Å². The molecule has 0 bridgehead atoms. The lowest BCUT2D eigenvalue weighted by Crippen LogP contribution is -2.05. The SMILES string of the molecule is COc1ncc(C(O)c2cc(F)ccc2F)cn1. The maximum atomic E-state index is 13.5. The number of nitrogens with zero attached hydrogens (tertiary/aromatic N) is 2. The molecule has 1 aromatic carbocycles. The predicted molar refractivity (Wildman–Crippen MR) is 59.0 cm³/mol. The Morgan fingerprint density at radius 3 is 2.50 bits per heavy atom. The highest BCUT2D eigenvalue weighted by atomic mass is 19.1. The quantitative estimate of drug-likeness (QED) is 0.905. The first-order valence-corrected chi connectivity index (χ1v) is 5.10. The molecule has 4 nitrogen and oxygen atoms in total. The van der Waals surface area contributed by atoms with Gasteiger partial charge >= 0.3 is 6.01 Å². The average molecular weight is 252 g/mol. The number of aromatic nitrogens is 2. The zero-order valence-electron chi connectivity index (χ0n) is 9.47. The van der Waals surface area contributed by atoms with E-state index in [1.165, 1.54) is 19.5 Å². The van der Waals surface area contributed by atoms with E-state index in [1.807, 2.05) is 0 Å². The van der Waals surface area contributed by atoms with E-state index in [0.717, 1.165) is 18.2 Å². The maximum Gasteiger partial charge on any atom is 0.316 e. The number of methoxy groups -OCH3 is 1. The summed E-state index contributed by atoms with van der Waals surface area (Å²) in [5.74, 6) is -1.32. The summed E-state index contributed by atoms with van der Waals surface area (Å²) in [7, 11) is 1.40. The number of aliphatic hydroxyl groups is 1. The molecule has 0 aliphatic carbocycles. The molecule has 0 aliphatic heterocycles. The molecule has 1 aromatic heterocycles. The third kappa shape index (κ3) is 2.43. The van der Waals surface area contributed by atoms with Crippen LogP contribution in [0.3, 0.4) is 0 Å². The Hall–Kier alpha value is -2.08. The molecule has 0 saturated carbocycles. The number of rotatable bonds is 3. The number of halogens is 2. The van der Waals surface area contributed by atoms with Crippen molar-refractivity contribution in [1.82, 2.24) is 9.97 Å². The first-order valence-electron chi connectivity index (χ1n) is 5.10. The summed E-state index contributed by atoms with van der Waals surface area (Å²) in [6.45, 7) is 0. The van der Waals surface area contributed by atoms with Crippen LogP contribution in [0.25, 0.3) is 0 Å². The van der Waals surface area contributed by atoms with E-state index in [1.54, 1.807) is 0 Å². The first kappa shape index (κ1) is 12.4. The standard InChI is InChI=1S/C12H10F2N2O2/c1-18-12-15-5-7(6-16-12)11(17)9-4-8(13)2-3-10(9)14/h2-6,11,17H,1H3. The van der Waals surface area contributed by atoms with E-state index < -0.39 is 17.7 Å². The normalized spacial score (nSPS) is 12.2. The summed E-state index contributed by atoms with van der Waals surface area (Å²) in [5, 5.41) is 9.93. The van der Waals surface area contributed by atoms with Crippen LogP contribution in [0.2, 0.25) is 0 Å². The molecule has 1 unspecified atom stereocenters. The van der Waals surface area contributed by atoms with Gasteiger partial charge in [-0.3, -0.25) is 0 Å². The van der Waals surface area contributed by atoms with Crippen molar-refractivity contribution in [2.24, 2.45) is 0 Å². The van der Waals surface area contributed by atoms with E-state index in [-0.39, 0.29) is 17.1 Å². The van der Waals surface area contributed by atoms with E-state index in [4.69, 9.17) is 4.74 Å². The molecule has 94 valence electrons. The highest BCUT2D eigenvalue weighted by Gasteiger charge is 2.16. The van der Waals surface area contributed by atoms with Crippen molar-refractivity contribution in [2.75, 3.05) is 7.11 Å². The van der Waals surface area contributed by atoms with Crippen molar-refractivity contribution in [3.63, 3.8) is 0 Å².